The van der Waals surface area contributed by atoms with E-state index in [-0.39, 0.29) is 31.6 Å². The van der Waals surface area contributed by atoms with Crippen LogP contribution in [0.2, 0.25) is 0 Å². The summed E-state index contributed by atoms with van der Waals surface area (Å²) in [4.78, 5) is 26.4. The third-order valence-corrected chi connectivity index (χ3v) is 9.96. The van der Waals surface area contributed by atoms with Gasteiger partial charge in [0.25, 0.3) is 5.69 Å². The Kier molecular flexibility index (Phi) is 7.63. The van der Waals surface area contributed by atoms with E-state index in [0.29, 0.717) is 9.47 Å². The summed E-state index contributed by atoms with van der Waals surface area (Å²) in [6.45, 7) is 4.06. The van der Waals surface area contributed by atoms with Gasteiger partial charge in [0, 0.05) is 17.8 Å². The molecule has 0 radical (unpaired) electrons. The van der Waals surface area contributed by atoms with Crippen molar-refractivity contribution >= 4 is 71.8 Å². The molecule has 0 atom stereocenters. The summed E-state index contributed by atoms with van der Waals surface area (Å²) < 4.78 is 26.0. The maximum absolute atomic E-state index is 12.8. The van der Waals surface area contributed by atoms with E-state index in [2.05, 4.69) is 25.8 Å². The van der Waals surface area contributed by atoms with E-state index in [4.69, 9.17) is 0 Å². The van der Waals surface area contributed by atoms with Crippen LogP contribution in [0.5, 0.6) is 0 Å². The van der Waals surface area contributed by atoms with Crippen LogP contribution in [-0.2, 0) is 14.6 Å². The minimum Gasteiger partial charge on any atom is -0.330 e. The Bertz CT molecular complexity index is 1530. The fourth-order valence-electron chi connectivity index (χ4n) is 2.85. The highest BCUT2D eigenvalue weighted by atomic mass is 32.2. The number of hydrogen-bond donors (Lipinski definition) is 2. The number of hydrogen-bond acceptors (Lipinski definition) is 12. The molecule has 0 bridgehead atoms. The molecular weight excluding hydrogens is 545 g/mol. The molecule has 0 fully saturated rings. The molecule has 4 rings (SSSR count). The predicted octanol–water partition coefficient (Wildman–Crippen LogP) is 4.83. The number of benzene rings is 2. The van der Waals surface area contributed by atoms with Gasteiger partial charge < -0.3 is 10.6 Å². The van der Waals surface area contributed by atoms with E-state index in [0.717, 1.165) is 53.0 Å². The molecule has 0 saturated heterocycles. The van der Waals surface area contributed by atoms with E-state index in [9.17, 15) is 23.3 Å². The number of nitrogens with zero attached hydrogens (tertiary/aromatic N) is 4. The lowest BCUT2D eigenvalue weighted by Gasteiger charge is -2.05. The van der Waals surface area contributed by atoms with Crippen LogP contribution in [0.25, 0.3) is 0 Å². The van der Waals surface area contributed by atoms with Gasteiger partial charge in [-0.05, 0) is 49.2 Å². The zero-order chi connectivity index (χ0) is 25.9. The van der Waals surface area contributed by atoms with E-state index in [1.54, 1.807) is 0 Å². The van der Waals surface area contributed by atoms with Gasteiger partial charge in [-0.15, -0.1) is 10.2 Å². The van der Waals surface area contributed by atoms with Gasteiger partial charge in [0.15, 0.2) is 9.47 Å². The largest absolute Gasteiger partial charge is 0.330 e. The van der Waals surface area contributed by atoms with Crippen LogP contribution in [0, 0.1) is 24.0 Å². The Hall–Kier alpha value is -3.40. The van der Waals surface area contributed by atoms with Crippen LogP contribution in [-0.4, -0.2) is 40.2 Å². The Balaban J connectivity index is 1.33. The summed E-state index contributed by atoms with van der Waals surface area (Å²) in [7, 11) is -3.93. The second-order valence-corrected chi connectivity index (χ2v) is 12.8. The molecule has 11 nitrogen and oxygen atoms in total. The molecule has 4 aromatic rings. The molecule has 0 aliphatic heterocycles. The molecule has 0 aliphatic carbocycles. The maximum Gasteiger partial charge on any atom is 0.269 e. The lowest BCUT2D eigenvalue weighted by molar-refractivity contribution is -0.384. The fraction of sp³-hybridized carbons (Fsp3) is 0.143. The number of carbonyl (C=O) groups is 1. The van der Waals surface area contributed by atoms with Crippen LogP contribution in [0.4, 0.5) is 21.6 Å². The van der Waals surface area contributed by atoms with Gasteiger partial charge in [0.1, 0.15) is 4.21 Å². The lowest BCUT2D eigenvalue weighted by Crippen LogP contribution is -2.13. The highest BCUT2D eigenvalue weighted by Gasteiger charge is 2.22. The molecular formula is C21H18N6O5S4. The topological polar surface area (TPSA) is 157 Å². The van der Waals surface area contributed by atoms with Crippen molar-refractivity contribution in [2.24, 2.45) is 0 Å². The summed E-state index contributed by atoms with van der Waals surface area (Å²) in [5, 5.41) is 25.4. The van der Waals surface area contributed by atoms with Crippen molar-refractivity contribution in [3.8, 4) is 0 Å². The average Bonchev–Trinajstić information content (AvgIpc) is 3.50. The number of non-ortho nitro benzene ring substituents is 1. The SMILES string of the molecule is Cc1ccc(Nc2nnc(SCC(=O)Nc3ncc(S(=O)(=O)c4ccc([N+](=O)[O-])cc4)s3)s2)cc1C. The number of nitro benzene ring substituents is 1. The van der Waals surface area contributed by atoms with Crippen molar-refractivity contribution in [2.75, 3.05) is 16.4 Å². The summed E-state index contributed by atoms with van der Waals surface area (Å²) in [5.41, 5.74) is 3.03. The smallest absolute Gasteiger partial charge is 0.269 e. The van der Waals surface area contributed by atoms with Gasteiger partial charge in [-0.25, -0.2) is 13.4 Å². The minimum absolute atomic E-state index is 0.0300. The van der Waals surface area contributed by atoms with Gasteiger partial charge in [0.05, 0.1) is 21.8 Å². The van der Waals surface area contributed by atoms with Crippen molar-refractivity contribution in [1.82, 2.24) is 15.2 Å². The van der Waals surface area contributed by atoms with E-state index >= 15 is 0 Å². The van der Waals surface area contributed by atoms with Crippen molar-refractivity contribution in [1.29, 1.82) is 0 Å². The second-order valence-electron chi connectivity index (χ2n) is 7.37. The molecule has 36 heavy (non-hydrogen) atoms. The van der Waals surface area contributed by atoms with Gasteiger partial charge in [0.2, 0.25) is 20.9 Å². The minimum atomic E-state index is -3.93. The molecule has 0 spiro atoms. The zero-order valence-electron chi connectivity index (χ0n) is 18.8. The van der Waals surface area contributed by atoms with E-state index < -0.39 is 14.8 Å². The average molecular weight is 563 g/mol. The van der Waals surface area contributed by atoms with Crippen LogP contribution < -0.4 is 10.6 Å². The van der Waals surface area contributed by atoms with E-state index in [1.807, 2.05) is 32.0 Å². The number of amides is 1. The number of rotatable bonds is 9. The summed E-state index contributed by atoms with van der Waals surface area (Å²) in [5.74, 6) is -0.352. The molecule has 0 aliphatic rings. The first-order valence-electron chi connectivity index (χ1n) is 10.2. The molecule has 186 valence electrons. The van der Waals surface area contributed by atoms with Gasteiger partial charge in [-0.3, -0.25) is 14.9 Å². The molecule has 15 heteroatoms. The molecule has 0 saturated carbocycles. The number of anilines is 3. The first-order valence-corrected chi connectivity index (χ1v) is 14.3. The Labute approximate surface area is 218 Å². The van der Waals surface area contributed by atoms with Crippen molar-refractivity contribution < 1.29 is 18.1 Å². The number of carbonyl (C=O) groups excluding carboxylic acids is 1. The molecule has 0 unspecified atom stereocenters. The molecule has 2 aromatic carbocycles. The molecule has 1 amide bonds. The molecule has 2 heterocycles. The number of sulfone groups is 1. The number of thiazole rings is 1. The zero-order valence-corrected chi connectivity index (χ0v) is 22.1. The first kappa shape index (κ1) is 25.7. The third-order valence-electron chi connectivity index (χ3n) is 4.84. The van der Waals surface area contributed by atoms with Crippen molar-refractivity contribution in [2.45, 2.75) is 27.3 Å². The van der Waals surface area contributed by atoms with E-state index in [1.165, 1.54) is 28.7 Å². The second kappa shape index (κ2) is 10.7. The molecule has 2 aromatic heterocycles. The standard InChI is InChI=1S/C21H18N6O5S4/c1-12-3-4-14(9-13(12)2)23-20-25-26-21(35-20)33-11-17(28)24-19-22-10-18(34-19)36(31,32)16-7-5-15(6-8-16)27(29)30/h3-10H,11H2,1-2H3,(H,23,25)(H,22,24,28). The fourth-order valence-corrected chi connectivity index (χ4v) is 6.87. The maximum atomic E-state index is 12.8. The molecule has 2 N–H and O–H groups in total. The highest BCUT2D eigenvalue weighted by molar-refractivity contribution is 8.01. The number of aryl methyl sites for hydroxylation is 2. The number of thioether (sulfide) groups is 1. The first-order chi connectivity index (χ1) is 17.1. The van der Waals surface area contributed by atoms with Crippen LogP contribution in [0.15, 0.2) is 62.1 Å². The Morgan fingerprint density at radius 2 is 1.81 bits per heavy atom. The Morgan fingerprint density at radius 1 is 1.06 bits per heavy atom. The third kappa shape index (κ3) is 6.04. The van der Waals surface area contributed by atoms with Gasteiger partial charge >= 0.3 is 0 Å². The predicted molar refractivity (Wildman–Crippen MR) is 139 cm³/mol. The lowest BCUT2D eigenvalue weighted by atomic mass is 10.1. The number of aromatic nitrogens is 3. The summed E-state index contributed by atoms with van der Waals surface area (Å²) in [6.07, 6.45) is 1.14. The summed E-state index contributed by atoms with van der Waals surface area (Å²) >= 11 is 3.30. The number of nitro groups is 1. The monoisotopic (exact) mass is 562 g/mol. The van der Waals surface area contributed by atoms with Gasteiger partial charge in [-0.1, -0.05) is 40.5 Å². The van der Waals surface area contributed by atoms with Crippen LogP contribution >= 0.6 is 34.4 Å². The van der Waals surface area contributed by atoms with Crippen LogP contribution in [0.3, 0.4) is 0 Å². The van der Waals surface area contributed by atoms with Crippen molar-refractivity contribution in [3.63, 3.8) is 0 Å². The Morgan fingerprint density at radius 3 is 2.50 bits per heavy atom. The summed E-state index contributed by atoms with van der Waals surface area (Å²) in [6, 6.07) is 10.5. The highest BCUT2D eigenvalue weighted by Crippen LogP contribution is 2.31. The van der Waals surface area contributed by atoms with Gasteiger partial charge in [-0.2, -0.15) is 0 Å². The number of nitrogens with one attached hydrogen (secondary N) is 2. The normalized spacial score (nSPS) is 11.3. The quantitative estimate of drug-likeness (QED) is 0.164. The van der Waals surface area contributed by atoms with Crippen molar-refractivity contribution in [3.05, 3.63) is 69.9 Å². The van der Waals surface area contributed by atoms with Crippen LogP contribution in [0.1, 0.15) is 11.1 Å².